The Balaban J connectivity index is 2.13. The number of nitrogens with zero attached hydrogens (tertiary/aromatic N) is 1. The van der Waals surface area contributed by atoms with E-state index in [0.717, 1.165) is 11.8 Å². The van der Waals surface area contributed by atoms with Gasteiger partial charge in [0.2, 0.25) is 0 Å². The molecule has 1 atom stereocenters. The average Bonchev–Trinajstić information content (AvgIpc) is 2.41. The predicted octanol–water partition coefficient (Wildman–Crippen LogP) is 4.87. The average molecular weight is 306 g/mol. The van der Waals surface area contributed by atoms with Crippen molar-refractivity contribution in [1.82, 2.24) is 4.98 Å². The number of carbonyl (C=O) groups is 1. The van der Waals surface area contributed by atoms with Gasteiger partial charge in [-0.1, -0.05) is 32.4 Å². The Morgan fingerprint density at radius 1 is 1.29 bits per heavy atom. The fourth-order valence-electron chi connectivity index (χ4n) is 2.53. The molecule has 0 aliphatic heterocycles. The van der Waals surface area contributed by atoms with Gasteiger partial charge in [-0.25, -0.2) is 0 Å². The molecule has 0 radical (unpaired) electrons. The molecule has 0 saturated heterocycles. The summed E-state index contributed by atoms with van der Waals surface area (Å²) in [7, 11) is 0. The van der Waals surface area contributed by atoms with Crippen molar-refractivity contribution in [3.63, 3.8) is 0 Å². The van der Waals surface area contributed by atoms with Gasteiger partial charge in [0.05, 0.1) is 5.02 Å². The fraction of sp³-hybridized carbons (Fsp3) is 0.412. The maximum absolute atomic E-state index is 12.0. The molecule has 1 aromatic heterocycles. The lowest BCUT2D eigenvalue weighted by molar-refractivity contribution is -0.135. The first-order valence-corrected chi connectivity index (χ1v) is 7.59. The minimum absolute atomic E-state index is 0.225. The van der Waals surface area contributed by atoms with Gasteiger partial charge in [-0.15, -0.1) is 0 Å². The summed E-state index contributed by atoms with van der Waals surface area (Å²) >= 11 is 6.13. The van der Waals surface area contributed by atoms with Crippen LogP contribution in [0.15, 0.2) is 30.5 Å². The number of ether oxygens (including phenoxy) is 1. The van der Waals surface area contributed by atoms with E-state index in [0.29, 0.717) is 34.5 Å². The van der Waals surface area contributed by atoms with Crippen molar-refractivity contribution in [2.24, 2.45) is 11.8 Å². The highest BCUT2D eigenvalue weighted by molar-refractivity contribution is 6.35. The number of rotatable bonds is 5. The second-order valence-corrected chi connectivity index (χ2v) is 6.27. The lowest BCUT2D eigenvalue weighted by Crippen LogP contribution is -2.14. The number of pyridine rings is 1. The topological polar surface area (TPSA) is 39.2 Å². The third-order valence-electron chi connectivity index (χ3n) is 3.29. The zero-order valence-electron chi connectivity index (χ0n) is 12.6. The highest BCUT2D eigenvalue weighted by atomic mass is 35.5. The molecule has 0 spiro atoms. The summed E-state index contributed by atoms with van der Waals surface area (Å²) in [5, 5.41) is 1.39. The molecule has 112 valence electrons. The van der Waals surface area contributed by atoms with Crippen LogP contribution < -0.4 is 4.74 Å². The third kappa shape index (κ3) is 4.18. The van der Waals surface area contributed by atoms with Crippen LogP contribution in [0.3, 0.4) is 0 Å². The Morgan fingerprint density at radius 3 is 2.76 bits per heavy atom. The van der Waals surface area contributed by atoms with Crippen molar-refractivity contribution in [2.75, 3.05) is 0 Å². The molecule has 0 saturated carbocycles. The van der Waals surface area contributed by atoms with Crippen molar-refractivity contribution in [2.45, 2.75) is 33.6 Å². The van der Waals surface area contributed by atoms with Gasteiger partial charge in [0.15, 0.2) is 5.75 Å². The second kappa shape index (κ2) is 6.90. The van der Waals surface area contributed by atoms with Gasteiger partial charge in [0, 0.05) is 18.0 Å². The number of esters is 1. The summed E-state index contributed by atoms with van der Waals surface area (Å²) in [5.41, 5.74) is 0.620. The van der Waals surface area contributed by atoms with E-state index in [2.05, 4.69) is 25.8 Å². The van der Waals surface area contributed by atoms with Gasteiger partial charge in [0.25, 0.3) is 0 Å². The van der Waals surface area contributed by atoms with Crippen molar-refractivity contribution in [3.8, 4) is 5.75 Å². The van der Waals surface area contributed by atoms with Crippen molar-refractivity contribution >= 4 is 28.5 Å². The van der Waals surface area contributed by atoms with Crippen LogP contribution in [-0.4, -0.2) is 11.0 Å². The molecule has 3 nitrogen and oxygen atoms in total. The van der Waals surface area contributed by atoms with E-state index in [1.165, 1.54) is 0 Å². The van der Waals surface area contributed by atoms with Gasteiger partial charge in [-0.3, -0.25) is 9.78 Å². The number of hydrogen-bond donors (Lipinski definition) is 0. The summed E-state index contributed by atoms with van der Waals surface area (Å²) < 4.78 is 5.47. The maximum atomic E-state index is 12.0. The fourth-order valence-corrected chi connectivity index (χ4v) is 2.75. The number of fused-ring (bicyclic) bond motifs is 1. The summed E-state index contributed by atoms with van der Waals surface area (Å²) in [6.45, 7) is 6.37. The molecule has 1 unspecified atom stereocenters. The van der Waals surface area contributed by atoms with Crippen LogP contribution >= 0.6 is 11.6 Å². The van der Waals surface area contributed by atoms with E-state index in [4.69, 9.17) is 16.3 Å². The molecule has 0 fully saturated rings. The zero-order valence-corrected chi connectivity index (χ0v) is 13.4. The van der Waals surface area contributed by atoms with E-state index in [-0.39, 0.29) is 5.97 Å². The molecule has 1 aromatic carbocycles. The van der Waals surface area contributed by atoms with Crippen LogP contribution in [0, 0.1) is 11.8 Å². The molecule has 21 heavy (non-hydrogen) atoms. The smallest absolute Gasteiger partial charge is 0.311 e. The van der Waals surface area contributed by atoms with Gasteiger partial charge in [-0.2, -0.15) is 0 Å². The normalized spacial score (nSPS) is 12.6. The van der Waals surface area contributed by atoms with Crippen molar-refractivity contribution in [3.05, 3.63) is 35.5 Å². The van der Waals surface area contributed by atoms with E-state index >= 15 is 0 Å². The first kappa shape index (κ1) is 15.8. The van der Waals surface area contributed by atoms with E-state index < -0.39 is 0 Å². The molecule has 2 aromatic rings. The molecule has 0 aliphatic rings. The lowest BCUT2D eigenvalue weighted by atomic mass is 9.96. The summed E-state index contributed by atoms with van der Waals surface area (Å²) in [6.07, 6.45) is 3.08. The van der Waals surface area contributed by atoms with Gasteiger partial charge in [0.1, 0.15) is 5.52 Å². The Bertz CT molecular complexity index is 640. The van der Waals surface area contributed by atoms with Crippen molar-refractivity contribution < 1.29 is 9.53 Å². The van der Waals surface area contributed by atoms with Gasteiger partial charge < -0.3 is 4.74 Å². The van der Waals surface area contributed by atoms with Crippen LogP contribution in [0.4, 0.5) is 0 Å². The maximum Gasteiger partial charge on any atom is 0.311 e. The van der Waals surface area contributed by atoms with Gasteiger partial charge >= 0.3 is 5.97 Å². The number of carbonyl (C=O) groups excluding carboxylic acids is 1. The first-order valence-electron chi connectivity index (χ1n) is 7.21. The van der Waals surface area contributed by atoms with E-state index in [1.807, 2.05) is 12.1 Å². The second-order valence-electron chi connectivity index (χ2n) is 5.86. The molecule has 2 rings (SSSR count). The summed E-state index contributed by atoms with van der Waals surface area (Å²) in [5.74, 6) is 1.13. The monoisotopic (exact) mass is 305 g/mol. The molecule has 1 heterocycles. The largest absolute Gasteiger partial charge is 0.424 e. The Hall–Kier alpha value is -1.61. The third-order valence-corrected chi connectivity index (χ3v) is 3.62. The molecular weight excluding hydrogens is 286 g/mol. The van der Waals surface area contributed by atoms with E-state index in [1.54, 1.807) is 18.3 Å². The number of halogens is 1. The minimum atomic E-state index is -0.225. The number of hydrogen-bond acceptors (Lipinski definition) is 3. The van der Waals surface area contributed by atoms with Crippen LogP contribution in [0.2, 0.25) is 5.02 Å². The molecular formula is C17H20ClNO2. The Kier molecular flexibility index (Phi) is 5.18. The van der Waals surface area contributed by atoms with Crippen LogP contribution in [0.25, 0.3) is 10.9 Å². The molecule has 4 heteroatoms. The predicted molar refractivity (Wildman–Crippen MR) is 85.6 cm³/mol. The molecule has 0 aliphatic carbocycles. The Morgan fingerprint density at radius 2 is 2.05 bits per heavy atom. The molecule has 0 amide bonds. The zero-order chi connectivity index (χ0) is 15.4. The van der Waals surface area contributed by atoms with Crippen LogP contribution in [0.5, 0.6) is 5.75 Å². The SMILES string of the molecule is CC(C)CC(C)CC(=O)Oc1ccc(Cl)c2cccnc12. The standard InChI is InChI=1S/C17H20ClNO2/c1-11(2)9-12(3)10-16(20)21-15-7-6-14(18)13-5-4-8-19-17(13)15/h4-8,11-12H,9-10H2,1-3H3. The highest BCUT2D eigenvalue weighted by Crippen LogP contribution is 2.30. The first-order chi connectivity index (χ1) is 9.97. The molecule has 0 N–H and O–H groups in total. The number of benzene rings is 1. The lowest BCUT2D eigenvalue weighted by Gasteiger charge is -2.13. The van der Waals surface area contributed by atoms with Crippen LogP contribution in [0.1, 0.15) is 33.6 Å². The van der Waals surface area contributed by atoms with E-state index in [9.17, 15) is 4.79 Å². The quantitative estimate of drug-likeness (QED) is 0.584. The van der Waals surface area contributed by atoms with Crippen LogP contribution in [-0.2, 0) is 4.79 Å². The summed E-state index contributed by atoms with van der Waals surface area (Å²) in [4.78, 5) is 16.3. The molecule has 0 bridgehead atoms. The highest BCUT2D eigenvalue weighted by Gasteiger charge is 2.15. The Labute approximate surface area is 130 Å². The van der Waals surface area contributed by atoms with Gasteiger partial charge in [-0.05, 0) is 42.5 Å². The van der Waals surface area contributed by atoms with Crippen molar-refractivity contribution in [1.29, 1.82) is 0 Å². The summed E-state index contributed by atoms with van der Waals surface area (Å²) in [6, 6.07) is 7.10. The number of aromatic nitrogens is 1. The minimum Gasteiger partial charge on any atom is -0.424 e.